The molecule has 0 bridgehead atoms. The van der Waals surface area contributed by atoms with Gasteiger partial charge >= 0.3 is 0 Å². The van der Waals surface area contributed by atoms with Crippen LogP contribution in [-0.4, -0.2) is 24.4 Å². The SMILES string of the molecule is CC(=O)NC(C)C(=O)NCCc1cccc(F)c1. The van der Waals surface area contributed by atoms with Crippen molar-refractivity contribution >= 4 is 11.8 Å². The van der Waals surface area contributed by atoms with Crippen LogP contribution in [0.2, 0.25) is 0 Å². The molecule has 1 atom stereocenters. The molecule has 0 aliphatic rings. The van der Waals surface area contributed by atoms with E-state index in [0.717, 1.165) is 5.56 Å². The van der Waals surface area contributed by atoms with Gasteiger partial charge in [0, 0.05) is 13.5 Å². The number of nitrogens with one attached hydrogen (secondary N) is 2. The molecule has 0 saturated carbocycles. The van der Waals surface area contributed by atoms with Gasteiger partial charge in [-0.15, -0.1) is 0 Å². The third kappa shape index (κ3) is 4.95. The normalized spacial score (nSPS) is 11.7. The first kappa shape index (κ1) is 14.2. The number of benzene rings is 1. The highest BCUT2D eigenvalue weighted by Gasteiger charge is 2.12. The van der Waals surface area contributed by atoms with Gasteiger partial charge in [-0.2, -0.15) is 0 Å². The van der Waals surface area contributed by atoms with Crippen molar-refractivity contribution in [3.8, 4) is 0 Å². The lowest BCUT2D eigenvalue weighted by molar-refractivity contribution is -0.127. The topological polar surface area (TPSA) is 58.2 Å². The van der Waals surface area contributed by atoms with E-state index in [9.17, 15) is 14.0 Å². The summed E-state index contributed by atoms with van der Waals surface area (Å²) in [5.74, 6) is -0.783. The Morgan fingerprint density at radius 1 is 1.39 bits per heavy atom. The van der Waals surface area contributed by atoms with Gasteiger partial charge in [-0.25, -0.2) is 4.39 Å². The van der Waals surface area contributed by atoms with E-state index in [-0.39, 0.29) is 17.6 Å². The monoisotopic (exact) mass is 252 g/mol. The number of halogens is 1. The van der Waals surface area contributed by atoms with Gasteiger partial charge in [0.15, 0.2) is 0 Å². The summed E-state index contributed by atoms with van der Waals surface area (Å²) in [5, 5.41) is 5.17. The molecule has 0 aliphatic carbocycles. The molecule has 0 radical (unpaired) electrons. The Morgan fingerprint density at radius 3 is 2.72 bits per heavy atom. The molecule has 2 N–H and O–H groups in total. The summed E-state index contributed by atoms with van der Waals surface area (Å²) < 4.78 is 12.9. The van der Waals surface area contributed by atoms with Gasteiger partial charge in [0.2, 0.25) is 11.8 Å². The summed E-state index contributed by atoms with van der Waals surface area (Å²) in [5.41, 5.74) is 0.822. The molecule has 0 aliphatic heterocycles. The summed E-state index contributed by atoms with van der Waals surface area (Å²) in [6.45, 7) is 3.38. The fourth-order valence-corrected chi connectivity index (χ4v) is 1.55. The third-order valence-corrected chi connectivity index (χ3v) is 2.41. The highest BCUT2D eigenvalue weighted by molar-refractivity contribution is 5.86. The fraction of sp³-hybridized carbons (Fsp3) is 0.385. The number of hydrogen-bond donors (Lipinski definition) is 2. The molecule has 4 nitrogen and oxygen atoms in total. The van der Waals surface area contributed by atoms with E-state index < -0.39 is 6.04 Å². The molecule has 18 heavy (non-hydrogen) atoms. The maximum Gasteiger partial charge on any atom is 0.242 e. The first-order chi connectivity index (χ1) is 8.49. The second-order valence-corrected chi connectivity index (χ2v) is 4.09. The Labute approximate surface area is 106 Å². The average Bonchev–Trinajstić information content (AvgIpc) is 2.28. The van der Waals surface area contributed by atoms with Crippen LogP contribution in [0, 0.1) is 5.82 Å². The number of carbonyl (C=O) groups is 2. The number of amides is 2. The van der Waals surface area contributed by atoms with Crippen LogP contribution in [0.1, 0.15) is 19.4 Å². The fourth-order valence-electron chi connectivity index (χ4n) is 1.55. The maximum absolute atomic E-state index is 12.9. The Morgan fingerprint density at radius 2 is 2.11 bits per heavy atom. The smallest absolute Gasteiger partial charge is 0.242 e. The zero-order valence-corrected chi connectivity index (χ0v) is 10.5. The van der Waals surface area contributed by atoms with Crippen molar-refractivity contribution < 1.29 is 14.0 Å². The van der Waals surface area contributed by atoms with Gasteiger partial charge in [0.05, 0.1) is 0 Å². The Balaban J connectivity index is 2.33. The molecule has 98 valence electrons. The van der Waals surface area contributed by atoms with Crippen molar-refractivity contribution in [2.75, 3.05) is 6.54 Å². The Hall–Kier alpha value is -1.91. The van der Waals surface area contributed by atoms with E-state index in [0.29, 0.717) is 13.0 Å². The Bertz CT molecular complexity index is 435. The summed E-state index contributed by atoms with van der Waals surface area (Å²) in [6.07, 6.45) is 0.552. The molecular formula is C13H17FN2O2. The van der Waals surface area contributed by atoms with Crippen LogP contribution in [0.3, 0.4) is 0 Å². The van der Waals surface area contributed by atoms with Crippen molar-refractivity contribution in [3.05, 3.63) is 35.6 Å². The van der Waals surface area contributed by atoms with Gasteiger partial charge < -0.3 is 10.6 Å². The zero-order valence-electron chi connectivity index (χ0n) is 10.5. The van der Waals surface area contributed by atoms with Crippen LogP contribution < -0.4 is 10.6 Å². The quantitative estimate of drug-likeness (QED) is 0.821. The zero-order chi connectivity index (χ0) is 13.5. The maximum atomic E-state index is 12.9. The average molecular weight is 252 g/mol. The lowest BCUT2D eigenvalue weighted by Crippen LogP contribution is -2.44. The van der Waals surface area contributed by atoms with Crippen molar-refractivity contribution in [1.29, 1.82) is 0 Å². The van der Waals surface area contributed by atoms with Gasteiger partial charge in [-0.1, -0.05) is 12.1 Å². The highest BCUT2D eigenvalue weighted by atomic mass is 19.1. The summed E-state index contributed by atoms with van der Waals surface area (Å²) >= 11 is 0. The molecule has 1 unspecified atom stereocenters. The minimum Gasteiger partial charge on any atom is -0.354 e. The van der Waals surface area contributed by atoms with Gasteiger partial charge in [0.1, 0.15) is 11.9 Å². The largest absolute Gasteiger partial charge is 0.354 e. The third-order valence-electron chi connectivity index (χ3n) is 2.41. The lowest BCUT2D eigenvalue weighted by Gasteiger charge is -2.12. The van der Waals surface area contributed by atoms with Crippen molar-refractivity contribution in [1.82, 2.24) is 10.6 Å². The standard InChI is InChI=1S/C13H17FN2O2/c1-9(16-10(2)17)13(18)15-7-6-11-4-3-5-12(14)8-11/h3-5,8-9H,6-7H2,1-2H3,(H,15,18)(H,16,17). The first-order valence-electron chi connectivity index (χ1n) is 5.78. The highest BCUT2D eigenvalue weighted by Crippen LogP contribution is 2.03. The summed E-state index contributed by atoms with van der Waals surface area (Å²) in [7, 11) is 0. The molecule has 0 saturated heterocycles. The van der Waals surface area contributed by atoms with E-state index in [2.05, 4.69) is 10.6 Å². The number of rotatable bonds is 5. The minimum atomic E-state index is -0.560. The van der Waals surface area contributed by atoms with Gasteiger partial charge in [-0.05, 0) is 31.0 Å². The lowest BCUT2D eigenvalue weighted by atomic mass is 10.1. The Kier molecular flexibility index (Phi) is 5.30. The van der Waals surface area contributed by atoms with E-state index >= 15 is 0 Å². The molecule has 0 spiro atoms. The number of hydrogen-bond acceptors (Lipinski definition) is 2. The van der Waals surface area contributed by atoms with E-state index in [1.165, 1.54) is 19.1 Å². The molecule has 5 heteroatoms. The second kappa shape index (κ2) is 6.74. The predicted octanol–water partition coefficient (Wildman–Crippen LogP) is 1.01. The minimum absolute atomic E-state index is 0.247. The van der Waals surface area contributed by atoms with Crippen LogP contribution in [0.25, 0.3) is 0 Å². The van der Waals surface area contributed by atoms with Crippen molar-refractivity contribution in [2.24, 2.45) is 0 Å². The molecule has 1 aromatic carbocycles. The molecule has 1 aromatic rings. The van der Waals surface area contributed by atoms with Crippen LogP contribution >= 0.6 is 0 Å². The molecule has 0 fully saturated rings. The summed E-state index contributed by atoms with van der Waals surface area (Å²) in [4.78, 5) is 22.3. The first-order valence-corrected chi connectivity index (χ1v) is 5.78. The molecule has 0 heterocycles. The van der Waals surface area contributed by atoms with Gasteiger partial charge in [-0.3, -0.25) is 9.59 Å². The van der Waals surface area contributed by atoms with Crippen LogP contribution in [-0.2, 0) is 16.0 Å². The van der Waals surface area contributed by atoms with E-state index in [4.69, 9.17) is 0 Å². The molecule has 0 aromatic heterocycles. The van der Waals surface area contributed by atoms with E-state index in [1.807, 2.05) is 0 Å². The van der Waals surface area contributed by atoms with Gasteiger partial charge in [0.25, 0.3) is 0 Å². The van der Waals surface area contributed by atoms with Crippen molar-refractivity contribution in [2.45, 2.75) is 26.3 Å². The molecule has 2 amide bonds. The van der Waals surface area contributed by atoms with E-state index in [1.54, 1.807) is 19.1 Å². The van der Waals surface area contributed by atoms with Crippen LogP contribution in [0.4, 0.5) is 4.39 Å². The molecular weight excluding hydrogens is 235 g/mol. The van der Waals surface area contributed by atoms with Crippen LogP contribution in [0.15, 0.2) is 24.3 Å². The van der Waals surface area contributed by atoms with Crippen LogP contribution in [0.5, 0.6) is 0 Å². The number of carbonyl (C=O) groups excluding carboxylic acids is 2. The molecule has 1 rings (SSSR count). The van der Waals surface area contributed by atoms with Crippen molar-refractivity contribution in [3.63, 3.8) is 0 Å². The summed E-state index contributed by atoms with van der Waals surface area (Å²) in [6, 6.07) is 5.68. The second-order valence-electron chi connectivity index (χ2n) is 4.09. The predicted molar refractivity (Wildman–Crippen MR) is 66.4 cm³/mol.